The zero-order chi connectivity index (χ0) is 54.8. The first kappa shape index (κ1) is 59.0. The Labute approximate surface area is 426 Å². The molecule has 4 rings (SSSR count). The number of carbonyl (C=O) groups is 11. The van der Waals surface area contributed by atoms with Gasteiger partial charge >= 0.3 is 5.97 Å². The number of imidazole rings is 1. The van der Waals surface area contributed by atoms with Crippen molar-refractivity contribution in [3.05, 3.63) is 54.1 Å². The van der Waals surface area contributed by atoms with E-state index in [1.165, 1.54) is 29.2 Å². The highest BCUT2D eigenvalue weighted by molar-refractivity contribution is 5.99. The van der Waals surface area contributed by atoms with E-state index in [1.807, 2.05) is 0 Å². The van der Waals surface area contributed by atoms with E-state index in [1.54, 1.807) is 44.2 Å². The first-order chi connectivity index (χ1) is 35.0. The molecule has 0 aliphatic carbocycles. The van der Waals surface area contributed by atoms with Crippen LogP contribution in [0.4, 0.5) is 0 Å². The van der Waals surface area contributed by atoms with Crippen molar-refractivity contribution >= 4 is 65.0 Å². The molecule has 0 radical (unpaired) electrons. The Morgan fingerprint density at radius 2 is 1.28 bits per heavy atom. The van der Waals surface area contributed by atoms with Crippen molar-refractivity contribution in [1.82, 2.24) is 51.7 Å². The van der Waals surface area contributed by atoms with Gasteiger partial charge in [0, 0.05) is 37.8 Å². The summed E-state index contributed by atoms with van der Waals surface area (Å²) in [6, 6.07) is -4.11. The molecule has 2 aliphatic heterocycles. The van der Waals surface area contributed by atoms with Gasteiger partial charge in [-0.3, -0.25) is 47.9 Å². The summed E-state index contributed by atoms with van der Waals surface area (Å²) < 4.78 is 0. The summed E-state index contributed by atoms with van der Waals surface area (Å²) >= 11 is 0. The second-order valence-electron chi connectivity index (χ2n) is 18.8. The lowest BCUT2D eigenvalue weighted by Crippen LogP contribution is -2.61. The number of carboxylic acids is 1. The fourth-order valence-electron chi connectivity index (χ4n) is 8.63. The van der Waals surface area contributed by atoms with Crippen LogP contribution in [-0.2, 0) is 65.6 Å². The first-order valence-corrected chi connectivity index (χ1v) is 24.3. The van der Waals surface area contributed by atoms with E-state index < -0.39 is 145 Å². The topological polar surface area (TPSA) is 434 Å². The molecule has 27 nitrogen and oxygen atoms in total. The average molecular weight is 1040 g/mol. The Hall–Kier alpha value is -7.52. The number of hydrogen-bond acceptors (Lipinski definition) is 15. The lowest BCUT2D eigenvalue weighted by Gasteiger charge is -2.34. The SMILES string of the molecule is CC(C)C[C@H](NC(=O)[C@H](Cc1cnc[nH]1)NC(=O)[C@H](CO)NC(=O)[C@H](CC(N)=O)NC(=O)[C@H](CCC(N)=O)NC(=O)[C@@H](N)Cc1ccccc1)C(=O)N1CCC[C@H]1C(=O)N1CCC[C@H]1C(=O)N[C@H](C(=O)O)[C@@H](C)O. The third-order valence-electron chi connectivity index (χ3n) is 12.4. The molecule has 16 N–H and O–H groups in total. The maximum absolute atomic E-state index is 14.4. The molecule has 2 fully saturated rings. The highest BCUT2D eigenvalue weighted by Crippen LogP contribution is 2.27. The van der Waals surface area contributed by atoms with Crippen LogP contribution >= 0.6 is 0 Å². The van der Waals surface area contributed by atoms with Gasteiger partial charge in [0.05, 0.1) is 31.5 Å². The minimum atomic E-state index is -1.84. The number of aliphatic carboxylic acids is 1. The quantitative estimate of drug-likeness (QED) is 0.0380. The van der Waals surface area contributed by atoms with Gasteiger partial charge in [-0.1, -0.05) is 44.2 Å². The zero-order valence-corrected chi connectivity index (χ0v) is 41.5. The fourth-order valence-corrected chi connectivity index (χ4v) is 8.63. The maximum atomic E-state index is 14.4. The number of benzene rings is 1. The van der Waals surface area contributed by atoms with Crippen LogP contribution < -0.4 is 49.1 Å². The summed E-state index contributed by atoms with van der Waals surface area (Å²) in [6.07, 6.45) is 0.760. The lowest BCUT2D eigenvalue weighted by atomic mass is 10.0. The van der Waals surface area contributed by atoms with Crippen LogP contribution in [0.1, 0.15) is 83.4 Å². The Balaban J connectivity index is 1.50. The Morgan fingerprint density at radius 1 is 0.716 bits per heavy atom. The van der Waals surface area contributed by atoms with Crippen LogP contribution in [-0.4, -0.2) is 180 Å². The molecule has 3 heterocycles. The summed E-state index contributed by atoms with van der Waals surface area (Å²) in [5, 5.41) is 44.2. The van der Waals surface area contributed by atoms with Crippen LogP contribution in [0.3, 0.4) is 0 Å². The molecule has 10 atom stereocenters. The number of nitrogens with two attached hydrogens (primary N) is 3. The summed E-state index contributed by atoms with van der Waals surface area (Å²) in [5.74, 6) is -10.6. The Morgan fingerprint density at radius 3 is 1.86 bits per heavy atom. The van der Waals surface area contributed by atoms with Gasteiger partial charge in [0.1, 0.15) is 42.3 Å². The van der Waals surface area contributed by atoms with Gasteiger partial charge in [-0.15, -0.1) is 0 Å². The molecule has 1 aromatic carbocycles. The van der Waals surface area contributed by atoms with Crippen LogP contribution in [0, 0.1) is 5.92 Å². The van der Waals surface area contributed by atoms with Crippen molar-refractivity contribution in [1.29, 1.82) is 0 Å². The molecule has 0 bridgehead atoms. The molecule has 0 spiro atoms. The number of aliphatic hydroxyl groups is 2. The van der Waals surface area contributed by atoms with E-state index in [4.69, 9.17) is 17.2 Å². The number of primary amides is 2. The summed E-state index contributed by atoms with van der Waals surface area (Å²) in [6.45, 7) is 3.95. The number of nitrogens with one attached hydrogen (secondary N) is 7. The number of aliphatic hydroxyl groups excluding tert-OH is 2. The minimum Gasteiger partial charge on any atom is -0.480 e. The highest BCUT2D eigenvalue weighted by Gasteiger charge is 2.45. The zero-order valence-electron chi connectivity index (χ0n) is 41.5. The molecule has 406 valence electrons. The molecule has 0 unspecified atom stereocenters. The molecule has 1 aromatic heterocycles. The smallest absolute Gasteiger partial charge is 0.328 e. The van der Waals surface area contributed by atoms with Crippen LogP contribution in [0.25, 0.3) is 0 Å². The van der Waals surface area contributed by atoms with Gasteiger partial charge in [-0.25, -0.2) is 9.78 Å². The number of H-pyrrole nitrogens is 1. The van der Waals surface area contributed by atoms with Gasteiger partial charge in [0.2, 0.25) is 59.1 Å². The second-order valence-corrected chi connectivity index (χ2v) is 18.8. The van der Waals surface area contributed by atoms with E-state index in [0.717, 1.165) is 0 Å². The normalized spacial score (nSPS) is 18.6. The van der Waals surface area contributed by atoms with Crippen LogP contribution in [0.15, 0.2) is 42.9 Å². The fraction of sp³-hybridized carbons (Fsp3) is 0.574. The van der Waals surface area contributed by atoms with Crippen molar-refractivity contribution in [2.24, 2.45) is 23.1 Å². The molecule has 2 aromatic rings. The van der Waals surface area contributed by atoms with Gasteiger partial charge in [-0.2, -0.15) is 0 Å². The summed E-state index contributed by atoms with van der Waals surface area (Å²) in [4.78, 5) is 155. The predicted molar refractivity (Wildman–Crippen MR) is 260 cm³/mol. The predicted octanol–water partition coefficient (Wildman–Crippen LogP) is -4.94. The van der Waals surface area contributed by atoms with Crippen molar-refractivity contribution in [2.45, 2.75) is 145 Å². The van der Waals surface area contributed by atoms with Gasteiger partial charge in [0.15, 0.2) is 6.04 Å². The number of nitrogens with zero attached hydrogens (tertiary/aromatic N) is 3. The number of aromatic amines is 1. The molecule has 2 saturated heterocycles. The maximum Gasteiger partial charge on any atom is 0.328 e. The van der Waals surface area contributed by atoms with E-state index in [0.29, 0.717) is 24.1 Å². The van der Waals surface area contributed by atoms with Gasteiger partial charge < -0.3 is 79.2 Å². The second kappa shape index (κ2) is 28.1. The average Bonchev–Trinajstić information content (AvgIpc) is 4.16. The minimum absolute atomic E-state index is 0.0627. The first-order valence-electron chi connectivity index (χ1n) is 24.3. The monoisotopic (exact) mass is 1040 g/mol. The van der Waals surface area contributed by atoms with Crippen molar-refractivity contribution in [2.75, 3.05) is 19.7 Å². The number of hydrogen-bond donors (Lipinski definition) is 13. The number of carboxylic acid groups (broad SMARTS) is 1. The summed E-state index contributed by atoms with van der Waals surface area (Å²) in [5.41, 5.74) is 17.9. The highest BCUT2D eigenvalue weighted by atomic mass is 16.4. The van der Waals surface area contributed by atoms with Crippen LogP contribution in [0.5, 0.6) is 0 Å². The summed E-state index contributed by atoms with van der Waals surface area (Å²) in [7, 11) is 0. The number of likely N-dealkylation sites (tertiary alicyclic amines) is 2. The number of carbonyl (C=O) groups excluding carboxylic acids is 10. The van der Waals surface area contributed by atoms with E-state index in [-0.39, 0.29) is 57.5 Å². The molecule has 10 amide bonds. The lowest BCUT2D eigenvalue weighted by molar-refractivity contribution is -0.149. The van der Waals surface area contributed by atoms with Gasteiger partial charge in [-0.05, 0) is 63.4 Å². The molecule has 0 saturated carbocycles. The molecule has 74 heavy (non-hydrogen) atoms. The third-order valence-corrected chi connectivity index (χ3v) is 12.4. The Kier molecular flexibility index (Phi) is 22.4. The largest absolute Gasteiger partial charge is 0.480 e. The number of aromatic nitrogens is 2. The van der Waals surface area contributed by atoms with Crippen LogP contribution in [0.2, 0.25) is 0 Å². The molecular formula is C47H69N13O14. The van der Waals surface area contributed by atoms with Gasteiger partial charge in [0.25, 0.3) is 0 Å². The number of rotatable bonds is 28. The molecule has 2 aliphatic rings. The third kappa shape index (κ3) is 17.3. The molecule has 27 heteroatoms. The van der Waals surface area contributed by atoms with Crippen molar-refractivity contribution < 1.29 is 68.1 Å². The van der Waals surface area contributed by atoms with E-state index >= 15 is 0 Å². The van der Waals surface area contributed by atoms with E-state index in [2.05, 4.69) is 41.9 Å². The molecular weight excluding hydrogens is 971 g/mol. The van der Waals surface area contributed by atoms with Crippen molar-refractivity contribution in [3.8, 4) is 0 Å². The van der Waals surface area contributed by atoms with E-state index in [9.17, 15) is 68.1 Å². The van der Waals surface area contributed by atoms with Crippen molar-refractivity contribution in [3.63, 3.8) is 0 Å². The number of amides is 10. The standard InChI is InChI=1S/C47H69N13O14/c1-24(2)17-32(45(71)60-16-8-12-35(60)46(72)59-15-7-11-34(59)44(70)58-38(25(3)62)47(73)74)56-41(67)30(19-27-21-51-23-52-27)54-43(69)33(22-61)57-42(68)31(20-37(50)64)55-40(66)29(13-14-36(49)63)53-39(65)28(48)18-26-9-5-4-6-10-26/h4-6,9-10,21,23-25,28-35,38,61-62H,7-8,11-20,22,48H2,1-3H3,(H2,49,63)(H2,50,64)(H,51,52)(H,53,65)(H,54,69)(H,55,66)(H,56,67)(H,57,68)(H,58,70)(H,73,74)/t25-,28+,29+,30+,31+,32+,33+,34+,35+,38+/m1/s1. The Bertz CT molecular complexity index is 2320.